The number of hydrogen-bond acceptors (Lipinski definition) is 3. The summed E-state index contributed by atoms with van der Waals surface area (Å²) in [6.45, 7) is 8.63. The minimum atomic E-state index is -0.946. The van der Waals surface area contributed by atoms with Crippen LogP contribution < -0.4 is 0 Å². The molecule has 0 aliphatic rings. The van der Waals surface area contributed by atoms with Crippen LogP contribution in [0.15, 0.2) is 12.4 Å². The van der Waals surface area contributed by atoms with Crippen molar-refractivity contribution in [1.82, 2.24) is 9.55 Å². The van der Waals surface area contributed by atoms with E-state index in [0.29, 0.717) is 6.42 Å². The van der Waals surface area contributed by atoms with E-state index in [1.54, 1.807) is 20.2 Å². The summed E-state index contributed by atoms with van der Waals surface area (Å²) in [6.07, 6.45) is 5.27. The monoisotopic (exact) mass is 240 g/mol. The average Bonchev–Trinajstić information content (AvgIpc) is 2.65. The van der Waals surface area contributed by atoms with Crippen LogP contribution in [0.3, 0.4) is 0 Å². The molecule has 0 aromatic carbocycles. The molecule has 0 aliphatic carbocycles. The molecule has 17 heavy (non-hydrogen) atoms. The predicted molar refractivity (Wildman–Crippen MR) is 67.9 cm³/mol. The van der Waals surface area contributed by atoms with Crippen LogP contribution in [0.5, 0.6) is 0 Å². The second kappa shape index (κ2) is 5.19. The molecule has 1 aromatic rings. The Kier molecular flexibility index (Phi) is 4.33. The zero-order chi connectivity index (χ0) is 13.1. The summed E-state index contributed by atoms with van der Waals surface area (Å²) >= 11 is 0. The van der Waals surface area contributed by atoms with Crippen LogP contribution >= 0.6 is 0 Å². The highest BCUT2D eigenvalue weighted by atomic mass is 16.5. The Morgan fingerprint density at radius 1 is 1.41 bits per heavy atom. The lowest BCUT2D eigenvalue weighted by atomic mass is 9.84. The van der Waals surface area contributed by atoms with Gasteiger partial charge in [-0.2, -0.15) is 0 Å². The Balaban J connectivity index is 2.86. The molecule has 4 nitrogen and oxygen atoms in total. The van der Waals surface area contributed by atoms with Gasteiger partial charge in [-0.05, 0) is 27.2 Å². The van der Waals surface area contributed by atoms with E-state index in [1.807, 2.05) is 20.0 Å². The van der Waals surface area contributed by atoms with E-state index in [0.717, 1.165) is 18.8 Å². The minimum Gasteiger partial charge on any atom is -0.387 e. The van der Waals surface area contributed by atoms with Crippen molar-refractivity contribution >= 4 is 0 Å². The summed E-state index contributed by atoms with van der Waals surface area (Å²) in [7, 11) is 1.62. The third-order valence-corrected chi connectivity index (χ3v) is 3.58. The number of nitrogens with zero attached hydrogens (tertiary/aromatic N) is 2. The number of aryl methyl sites for hydroxylation is 1. The molecule has 1 atom stereocenters. The lowest BCUT2D eigenvalue weighted by Gasteiger charge is -2.38. The number of methoxy groups -OCH3 is 1. The van der Waals surface area contributed by atoms with Gasteiger partial charge >= 0.3 is 0 Å². The van der Waals surface area contributed by atoms with E-state index >= 15 is 0 Å². The van der Waals surface area contributed by atoms with Gasteiger partial charge in [0.2, 0.25) is 0 Å². The maximum atomic E-state index is 10.5. The molecule has 0 amide bonds. The molecule has 0 spiro atoms. The third-order valence-electron chi connectivity index (χ3n) is 3.58. The maximum absolute atomic E-state index is 10.5. The van der Waals surface area contributed by atoms with Gasteiger partial charge in [0, 0.05) is 32.5 Å². The molecule has 0 saturated carbocycles. The van der Waals surface area contributed by atoms with Gasteiger partial charge in [-0.3, -0.25) is 0 Å². The fourth-order valence-corrected chi connectivity index (χ4v) is 1.69. The molecule has 1 unspecified atom stereocenters. The number of rotatable bonds is 6. The van der Waals surface area contributed by atoms with Crippen LogP contribution in [-0.4, -0.2) is 33.0 Å². The molecule has 1 rings (SSSR count). The first-order chi connectivity index (χ1) is 7.84. The summed E-state index contributed by atoms with van der Waals surface area (Å²) in [4.78, 5) is 4.32. The molecule has 1 N–H and O–H groups in total. The molecule has 1 heterocycles. The molecule has 0 fully saturated rings. The first-order valence-corrected chi connectivity index (χ1v) is 6.11. The third kappa shape index (κ3) is 3.07. The molecule has 4 heteroatoms. The number of hydrogen-bond donors (Lipinski definition) is 1. The zero-order valence-electron chi connectivity index (χ0n) is 11.5. The highest BCUT2D eigenvalue weighted by Gasteiger charge is 2.40. The topological polar surface area (TPSA) is 47.3 Å². The van der Waals surface area contributed by atoms with Gasteiger partial charge in [0.15, 0.2) is 0 Å². The van der Waals surface area contributed by atoms with Gasteiger partial charge in [0.05, 0.1) is 11.2 Å². The van der Waals surface area contributed by atoms with Crippen molar-refractivity contribution < 1.29 is 9.84 Å². The Morgan fingerprint density at radius 3 is 2.59 bits per heavy atom. The molecular formula is C13H24N2O2. The zero-order valence-corrected chi connectivity index (χ0v) is 11.5. The lowest BCUT2D eigenvalue weighted by Crippen LogP contribution is -2.51. The highest BCUT2D eigenvalue weighted by Crippen LogP contribution is 2.28. The summed E-state index contributed by atoms with van der Waals surface area (Å²) in [6, 6.07) is 0. The van der Waals surface area contributed by atoms with Gasteiger partial charge in [-0.15, -0.1) is 0 Å². The van der Waals surface area contributed by atoms with E-state index in [9.17, 15) is 5.11 Å². The molecule has 98 valence electrons. The first-order valence-electron chi connectivity index (χ1n) is 6.11. The quantitative estimate of drug-likeness (QED) is 0.827. The van der Waals surface area contributed by atoms with Gasteiger partial charge in [0.25, 0.3) is 0 Å². The number of aromatic nitrogens is 2. The van der Waals surface area contributed by atoms with Crippen LogP contribution in [0.4, 0.5) is 0 Å². The summed E-state index contributed by atoms with van der Waals surface area (Å²) < 4.78 is 7.45. The number of ether oxygens (including phenoxy) is 1. The van der Waals surface area contributed by atoms with Crippen molar-refractivity contribution in [2.24, 2.45) is 0 Å². The van der Waals surface area contributed by atoms with Gasteiger partial charge in [0.1, 0.15) is 5.82 Å². The molecule has 1 aromatic heterocycles. The SMILES string of the molecule is CCCn1ccnc1CC(C)(O)C(C)(C)OC. The van der Waals surface area contributed by atoms with Crippen molar-refractivity contribution in [3.63, 3.8) is 0 Å². The van der Waals surface area contributed by atoms with E-state index in [1.165, 1.54) is 0 Å². The van der Waals surface area contributed by atoms with Crippen molar-refractivity contribution in [2.45, 2.75) is 58.3 Å². The second-order valence-electron chi connectivity index (χ2n) is 5.20. The van der Waals surface area contributed by atoms with Crippen molar-refractivity contribution in [1.29, 1.82) is 0 Å². The smallest absolute Gasteiger partial charge is 0.111 e. The number of aliphatic hydroxyl groups is 1. The summed E-state index contributed by atoms with van der Waals surface area (Å²) in [5.41, 5.74) is -1.55. The van der Waals surface area contributed by atoms with Crippen molar-refractivity contribution in [2.75, 3.05) is 7.11 Å². The minimum absolute atomic E-state index is 0.487. The standard InChI is InChI=1S/C13H24N2O2/c1-6-8-15-9-7-14-11(15)10-13(4,16)12(2,3)17-5/h7,9,16H,6,8,10H2,1-5H3. The van der Waals surface area contributed by atoms with Gasteiger partial charge < -0.3 is 14.4 Å². The van der Waals surface area contributed by atoms with E-state index < -0.39 is 11.2 Å². The lowest BCUT2D eigenvalue weighted by molar-refractivity contribution is -0.140. The normalized spacial score (nSPS) is 15.9. The Morgan fingerprint density at radius 2 is 2.06 bits per heavy atom. The van der Waals surface area contributed by atoms with Crippen LogP contribution in [0.25, 0.3) is 0 Å². The Hall–Kier alpha value is -0.870. The van der Waals surface area contributed by atoms with Gasteiger partial charge in [-0.25, -0.2) is 4.98 Å². The molecule has 0 saturated heterocycles. The molecular weight excluding hydrogens is 216 g/mol. The Bertz CT molecular complexity index is 356. The molecule has 0 bridgehead atoms. The fourth-order valence-electron chi connectivity index (χ4n) is 1.69. The molecule has 0 radical (unpaired) electrons. The van der Waals surface area contributed by atoms with Crippen molar-refractivity contribution in [3.05, 3.63) is 18.2 Å². The van der Waals surface area contributed by atoms with Crippen LogP contribution in [0.2, 0.25) is 0 Å². The number of imidazole rings is 1. The van der Waals surface area contributed by atoms with Crippen LogP contribution in [0.1, 0.15) is 39.9 Å². The van der Waals surface area contributed by atoms with E-state index in [-0.39, 0.29) is 0 Å². The van der Waals surface area contributed by atoms with Gasteiger partial charge in [-0.1, -0.05) is 6.92 Å². The average molecular weight is 240 g/mol. The molecule has 0 aliphatic heterocycles. The highest BCUT2D eigenvalue weighted by molar-refractivity contribution is 5.03. The summed E-state index contributed by atoms with van der Waals surface area (Å²) in [5.74, 6) is 0.905. The summed E-state index contributed by atoms with van der Waals surface area (Å²) in [5, 5.41) is 10.5. The van der Waals surface area contributed by atoms with Crippen LogP contribution in [-0.2, 0) is 17.7 Å². The van der Waals surface area contributed by atoms with Crippen LogP contribution in [0, 0.1) is 0 Å². The largest absolute Gasteiger partial charge is 0.387 e. The van der Waals surface area contributed by atoms with E-state index in [4.69, 9.17) is 4.74 Å². The predicted octanol–water partition coefficient (Wildman–Crippen LogP) is 2.01. The second-order valence-corrected chi connectivity index (χ2v) is 5.20. The fraction of sp³-hybridized carbons (Fsp3) is 0.769. The first kappa shape index (κ1) is 14.2. The Labute approximate surface area is 104 Å². The maximum Gasteiger partial charge on any atom is 0.111 e. The van der Waals surface area contributed by atoms with E-state index in [2.05, 4.69) is 16.5 Å². The van der Waals surface area contributed by atoms with Crippen molar-refractivity contribution in [3.8, 4) is 0 Å².